The summed E-state index contributed by atoms with van der Waals surface area (Å²) in [5, 5.41) is 9.31. The van der Waals surface area contributed by atoms with E-state index in [1.165, 1.54) is 0 Å². The fraction of sp³-hybridized carbons (Fsp3) is 0.263. The minimum absolute atomic E-state index is 0.169. The number of pyridine rings is 1. The molecule has 1 saturated heterocycles. The van der Waals surface area contributed by atoms with Crippen LogP contribution in [0, 0.1) is 11.3 Å². The Morgan fingerprint density at radius 1 is 1.14 bits per heavy atom. The average molecular weight is 399 g/mol. The number of carbonyl (C=O) groups is 2. The van der Waals surface area contributed by atoms with E-state index in [0.717, 1.165) is 5.82 Å². The van der Waals surface area contributed by atoms with E-state index in [4.69, 9.17) is 16.9 Å². The van der Waals surface area contributed by atoms with Gasteiger partial charge in [-0.15, -0.1) is 0 Å². The summed E-state index contributed by atoms with van der Waals surface area (Å²) in [5.74, 6) is -0.0131. The van der Waals surface area contributed by atoms with Crippen LogP contribution >= 0.6 is 11.6 Å². The molecule has 1 aromatic carbocycles. The summed E-state index contributed by atoms with van der Waals surface area (Å²) in [6, 6.07) is 12.1. The molecule has 1 aromatic heterocycles. The van der Waals surface area contributed by atoms with Crippen molar-refractivity contribution in [2.24, 2.45) is 0 Å². The third-order valence-corrected chi connectivity index (χ3v) is 4.70. The summed E-state index contributed by atoms with van der Waals surface area (Å²) in [6.07, 6.45) is 1.62. The first-order valence-electron chi connectivity index (χ1n) is 8.74. The molecular formula is C19H19ClN6O2. The normalized spacial score (nSPS) is 14.2. The van der Waals surface area contributed by atoms with Crippen LogP contribution in [-0.4, -0.2) is 54.4 Å². The number of hydrogen-bond acceptors (Lipinski definition) is 6. The maximum Gasteiger partial charge on any atom is 0.271 e. The Morgan fingerprint density at radius 2 is 1.89 bits per heavy atom. The minimum Gasteiger partial charge on any atom is -0.354 e. The van der Waals surface area contributed by atoms with E-state index in [1.54, 1.807) is 42.6 Å². The highest BCUT2D eigenvalue weighted by Crippen LogP contribution is 2.15. The zero-order valence-corrected chi connectivity index (χ0v) is 15.8. The lowest BCUT2D eigenvalue weighted by molar-refractivity contribution is -0.123. The van der Waals surface area contributed by atoms with Gasteiger partial charge in [-0.05, 0) is 24.3 Å². The molecule has 0 spiro atoms. The molecule has 28 heavy (non-hydrogen) atoms. The second-order valence-corrected chi connectivity index (χ2v) is 6.67. The van der Waals surface area contributed by atoms with Crippen molar-refractivity contribution in [1.82, 2.24) is 20.7 Å². The molecule has 1 aliphatic rings. The lowest BCUT2D eigenvalue weighted by Gasteiger charge is -2.35. The molecule has 2 N–H and O–H groups in total. The van der Waals surface area contributed by atoms with E-state index >= 15 is 0 Å². The van der Waals surface area contributed by atoms with Crippen LogP contribution in [0.3, 0.4) is 0 Å². The van der Waals surface area contributed by atoms with Crippen LogP contribution in [-0.2, 0) is 4.79 Å². The van der Waals surface area contributed by atoms with Crippen molar-refractivity contribution in [1.29, 1.82) is 5.26 Å². The van der Waals surface area contributed by atoms with Crippen LogP contribution in [0.5, 0.6) is 0 Å². The number of aromatic nitrogens is 1. The van der Waals surface area contributed by atoms with E-state index < -0.39 is 5.91 Å². The van der Waals surface area contributed by atoms with Crippen molar-refractivity contribution >= 4 is 29.2 Å². The summed E-state index contributed by atoms with van der Waals surface area (Å²) < 4.78 is 0. The molecule has 144 valence electrons. The number of nitrogens with zero attached hydrogens (tertiary/aromatic N) is 4. The quantitative estimate of drug-likeness (QED) is 0.750. The maximum atomic E-state index is 12.1. The zero-order chi connectivity index (χ0) is 19.9. The monoisotopic (exact) mass is 398 g/mol. The van der Waals surface area contributed by atoms with Crippen molar-refractivity contribution in [3.63, 3.8) is 0 Å². The molecule has 0 aliphatic carbocycles. The standard InChI is InChI=1S/C19H19ClN6O2/c20-16-4-2-1-3-15(16)19(28)24-23-18(27)13-25-7-9-26(10-8-25)17-11-14(12-21)5-6-22-17/h1-6,11H,7-10,13H2,(H,23,27)(H,24,28). The number of anilines is 1. The van der Waals surface area contributed by atoms with Gasteiger partial charge in [-0.1, -0.05) is 23.7 Å². The number of halogens is 1. The Labute approximate surface area is 167 Å². The van der Waals surface area contributed by atoms with Gasteiger partial charge in [-0.25, -0.2) is 4.98 Å². The van der Waals surface area contributed by atoms with E-state index in [-0.39, 0.29) is 12.5 Å². The van der Waals surface area contributed by atoms with Gasteiger partial charge in [0, 0.05) is 32.4 Å². The molecule has 2 heterocycles. The summed E-state index contributed by atoms with van der Waals surface area (Å²) in [6.45, 7) is 2.90. The smallest absolute Gasteiger partial charge is 0.271 e. The molecule has 8 nitrogen and oxygen atoms in total. The fourth-order valence-electron chi connectivity index (χ4n) is 2.88. The lowest BCUT2D eigenvalue weighted by Crippen LogP contribution is -2.52. The highest BCUT2D eigenvalue weighted by Gasteiger charge is 2.20. The number of nitriles is 1. The Kier molecular flexibility index (Phi) is 6.42. The predicted octanol–water partition coefficient (Wildman–Crippen LogP) is 1.19. The summed E-state index contributed by atoms with van der Waals surface area (Å²) in [4.78, 5) is 32.5. The molecule has 1 fully saturated rings. The zero-order valence-electron chi connectivity index (χ0n) is 15.1. The topological polar surface area (TPSA) is 101 Å². The average Bonchev–Trinajstić information content (AvgIpc) is 2.73. The first-order valence-corrected chi connectivity index (χ1v) is 9.12. The Morgan fingerprint density at radius 3 is 2.61 bits per heavy atom. The van der Waals surface area contributed by atoms with Crippen LogP contribution in [0.2, 0.25) is 5.02 Å². The van der Waals surface area contributed by atoms with Gasteiger partial charge in [-0.3, -0.25) is 25.3 Å². The largest absolute Gasteiger partial charge is 0.354 e. The van der Waals surface area contributed by atoms with E-state index in [0.29, 0.717) is 42.3 Å². The molecule has 9 heteroatoms. The van der Waals surface area contributed by atoms with E-state index in [1.807, 2.05) is 4.90 Å². The number of benzene rings is 1. The van der Waals surface area contributed by atoms with Gasteiger partial charge in [0.2, 0.25) is 0 Å². The highest BCUT2D eigenvalue weighted by molar-refractivity contribution is 6.33. The first kappa shape index (κ1) is 19.6. The van der Waals surface area contributed by atoms with Gasteiger partial charge < -0.3 is 4.90 Å². The third kappa shape index (κ3) is 4.97. The van der Waals surface area contributed by atoms with Gasteiger partial charge in [-0.2, -0.15) is 5.26 Å². The molecule has 0 unspecified atom stereocenters. The molecule has 0 bridgehead atoms. The van der Waals surface area contributed by atoms with Crippen molar-refractivity contribution in [2.45, 2.75) is 0 Å². The van der Waals surface area contributed by atoms with Gasteiger partial charge in [0.1, 0.15) is 5.82 Å². The number of nitrogens with one attached hydrogen (secondary N) is 2. The second-order valence-electron chi connectivity index (χ2n) is 6.26. The van der Waals surface area contributed by atoms with Gasteiger partial charge in [0.25, 0.3) is 11.8 Å². The molecule has 2 aromatic rings. The summed E-state index contributed by atoms with van der Waals surface area (Å²) in [5.41, 5.74) is 5.66. The molecule has 0 saturated carbocycles. The number of hydrogen-bond donors (Lipinski definition) is 2. The van der Waals surface area contributed by atoms with Gasteiger partial charge in [0.05, 0.1) is 28.8 Å². The fourth-order valence-corrected chi connectivity index (χ4v) is 3.10. The molecule has 3 rings (SSSR count). The van der Waals surface area contributed by atoms with Crippen molar-refractivity contribution in [3.8, 4) is 6.07 Å². The van der Waals surface area contributed by atoms with Crippen molar-refractivity contribution < 1.29 is 9.59 Å². The molecular weight excluding hydrogens is 380 g/mol. The first-order chi connectivity index (χ1) is 13.6. The summed E-state index contributed by atoms with van der Waals surface area (Å²) in [7, 11) is 0. The number of amides is 2. The Balaban J connectivity index is 1.44. The molecule has 0 atom stereocenters. The number of hydrazine groups is 1. The Hall–Kier alpha value is -3.15. The Bertz CT molecular complexity index is 905. The van der Waals surface area contributed by atoms with Gasteiger partial charge in [0.15, 0.2) is 0 Å². The lowest BCUT2D eigenvalue weighted by atomic mass is 10.2. The van der Waals surface area contributed by atoms with Crippen molar-refractivity contribution in [2.75, 3.05) is 37.6 Å². The number of piperazine rings is 1. The van der Waals surface area contributed by atoms with E-state index in [9.17, 15) is 9.59 Å². The third-order valence-electron chi connectivity index (χ3n) is 4.37. The van der Waals surface area contributed by atoms with Gasteiger partial charge >= 0.3 is 0 Å². The number of rotatable bonds is 4. The van der Waals surface area contributed by atoms with Crippen LogP contribution in [0.4, 0.5) is 5.82 Å². The molecule has 2 amide bonds. The minimum atomic E-state index is -0.466. The maximum absolute atomic E-state index is 12.1. The van der Waals surface area contributed by atoms with Crippen molar-refractivity contribution in [3.05, 3.63) is 58.7 Å². The van der Waals surface area contributed by atoms with Crippen LogP contribution in [0.15, 0.2) is 42.6 Å². The second kappa shape index (κ2) is 9.17. The van der Waals surface area contributed by atoms with E-state index in [2.05, 4.69) is 26.8 Å². The molecule has 0 radical (unpaired) electrons. The van der Waals surface area contributed by atoms with Crippen LogP contribution < -0.4 is 15.8 Å². The SMILES string of the molecule is N#Cc1ccnc(N2CCN(CC(=O)NNC(=O)c3ccccc3Cl)CC2)c1. The highest BCUT2D eigenvalue weighted by atomic mass is 35.5. The van der Waals surface area contributed by atoms with Crippen LogP contribution in [0.25, 0.3) is 0 Å². The van der Waals surface area contributed by atoms with Crippen LogP contribution in [0.1, 0.15) is 15.9 Å². The summed E-state index contributed by atoms with van der Waals surface area (Å²) >= 11 is 5.96. The predicted molar refractivity (Wildman–Crippen MR) is 105 cm³/mol. The number of carbonyl (C=O) groups excluding carboxylic acids is 2. The molecule has 1 aliphatic heterocycles.